The van der Waals surface area contributed by atoms with Gasteiger partial charge in [0, 0.05) is 7.11 Å². The van der Waals surface area contributed by atoms with Crippen molar-refractivity contribution in [1.29, 1.82) is 0 Å². The van der Waals surface area contributed by atoms with Crippen LogP contribution in [-0.4, -0.2) is 24.8 Å². The lowest BCUT2D eigenvalue weighted by atomic mass is 10.8. The zero-order valence-corrected chi connectivity index (χ0v) is 3.47. The van der Waals surface area contributed by atoms with Gasteiger partial charge in [-0.05, 0) is 0 Å². The van der Waals surface area contributed by atoms with Gasteiger partial charge in [-0.15, -0.1) is 0 Å². The Morgan fingerprint density at radius 1 is 2.00 bits per heavy atom. The van der Waals surface area contributed by atoms with E-state index in [9.17, 15) is 0 Å². The average molecular weight is 90.1 g/mol. The normalized spacial score (nSPS) is 43.0. The molecular weight excluding hydrogens is 84.0 g/mol. The van der Waals surface area contributed by atoms with Crippen molar-refractivity contribution in [1.82, 2.24) is 0 Å². The molecule has 1 rings (SSSR count). The Balaban J connectivity index is 2.28. The average Bonchev–Trinajstić information content (AvgIpc) is 2.22. The fraction of sp³-hybridized carbons (Fsp3) is 1.00. The van der Waals surface area contributed by atoms with Gasteiger partial charge in [0.15, 0.2) is 0 Å². The fourth-order valence-corrected chi connectivity index (χ4v) is 0.180. The van der Waals surface area contributed by atoms with Crippen LogP contribution in [0.2, 0.25) is 0 Å². The zero-order chi connectivity index (χ0) is 4.62. The topological polar surface area (TPSA) is 42.0 Å². The van der Waals surface area contributed by atoms with E-state index in [1.807, 2.05) is 0 Å². The van der Waals surface area contributed by atoms with Crippen molar-refractivity contribution in [3.8, 4) is 0 Å². The summed E-state index contributed by atoms with van der Waals surface area (Å²) in [7, 11) is 1.40. The Morgan fingerprint density at radius 2 is 2.50 bits per heavy atom. The van der Waals surface area contributed by atoms with Crippen LogP contribution < -0.4 is 0 Å². The summed E-state index contributed by atoms with van der Waals surface area (Å²) >= 11 is 0. The van der Waals surface area contributed by atoms with Crippen molar-refractivity contribution in [3.63, 3.8) is 0 Å². The SMILES string of the molecule is COC1(O)CO1. The van der Waals surface area contributed by atoms with E-state index in [2.05, 4.69) is 9.47 Å². The van der Waals surface area contributed by atoms with Crippen LogP contribution >= 0.6 is 0 Å². The second-order valence-corrected chi connectivity index (χ2v) is 1.21. The molecule has 0 aromatic rings. The van der Waals surface area contributed by atoms with Crippen LogP contribution in [0.15, 0.2) is 0 Å². The second-order valence-electron chi connectivity index (χ2n) is 1.21. The highest BCUT2D eigenvalue weighted by molar-refractivity contribution is 4.64. The van der Waals surface area contributed by atoms with Crippen molar-refractivity contribution >= 4 is 0 Å². The van der Waals surface area contributed by atoms with Gasteiger partial charge >= 0.3 is 5.97 Å². The van der Waals surface area contributed by atoms with Gasteiger partial charge in [-0.3, -0.25) is 0 Å². The van der Waals surface area contributed by atoms with Crippen LogP contribution in [0.25, 0.3) is 0 Å². The predicted molar refractivity (Wildman–Crippen MR) is 17.9 cm³/mol. The Bertz CT molecular complexity index is 57.1. The molecule has 0 radical (unpaired) electrons. The second kappa shape index (κ2) is 0.932. The van der Waals surface area contributed by atoms with E-state index in [4.69, 9.17) is 5.11 Å². The van der Waals surface area contributed by atoms with Gasteiger partial charge in [-0.2, -0.15) is 0 Å². The number of ether oxygens (including phenoxy) is 2. The number of hydrogen-bond donors (Lipinski definition) is 1. The third kappa shape index (κ3) is 0.518. The molecule has 0 amide bonds. The third-order valence-electron chi connectivity index (χ3n) is 0.710. The van der Waals surface area contributed by atoms with Crippen molar-refractivity contribution in [2.45, 2.75) is 5.97 Å². The first-order valence-corrected chi connectivity index (χ1v) is 1.68. The molecule has 1 saturated heterocycles. The molecule has 6 heavy (non-hydrogen) atoms. The minimum Gasteiger partial charge on any atom is -0.341 e. The van der Waals surface area contributed by atoms with E-state index in [0.29, 0.717) is 6.61 Å². The Hall–Kier alpha value is -0.120. The molecule has 1 unspecified atom stereocenters. The summed E-state index contributed by atoms with van der Waals surface area (Å²) in [6.45, 7) is 0.309. The quantitative estimate of drug-likeness (QED) is 0.342. The molecule has 1 fully saturated rings. The molecule has 0 aromatic heterocycles. The van der Waals surface area contributed by atoms with E-state index in [0.717, 1.165) is 0 Å². The van der Waals surface area contributed by atoms with Crippen molar-refractivity contribution in [2.75, 3.05) is 13.7 Å². The molecular formula is C3H6O3. The standard InChI is InChI=1S/C3H6O3/c1-5-3(4)2-6-3/h4H,2H2,1H3. The number of rotatable bonds is 1. The fourth-order valence-electron chi connectivity index (χ4n) is 0.180. The summed E-state index contributed by atoms with van der Waals surface area (Å²) in [5, 5.41) is 8.49. The number of epoxide rings is 1. The molecule has 1 atom stereocenters. The summed E-state index contributed by atoms with van der Waals surface area (Å²) in [4.78, 5) is 0. The van der Waals surface area contributed by atoms with Gasteiger partial charge in [0.05, 0.1) is 0 Å². The van der Waals surface area contributed by atoms with E-state index in [1.54, 1.807) is 0 Å². The molecule has 0 aliphatic carbocycles. The monoisotopic (exact) mass is 90.0 g/mol. The van der Waals surface area contributed by atoms with Crippen LogP contribution in [0.5, 0.6) is 0 Å². The molecule has 0 saturated carbocycles. The molecule has 0 bridgehead atoms. The number of hydrogen-bond acceptors (Lipinski definition) is 3. The third-order valence-corrected chi connectivity index (χ3v) is 0.710. The Labute approximate surface area is 35.5 Å². The number of aliphatic hydroxyl groups is 1. The first-order chi connectivity index (χ1) is 2.77. The summed E-state index contributed by atoms with van der Waals surface area (Å²) < 4.78 is 8.76. The van der Waals surface area contributed by atoms with Gasteiger partial charge < -0.3 is 14.6 Å². The molecule has 1 aliphatic heterocycles. The van der Waals surface area contributed by atoms with E-state index in [-0.39, 0.29) is 0 Å². The number of methoxy groups -OCH3 is 1. The molecule has 1 N–H and O–H groups in total. The first kappa shape index (κ1) is 4.05. The van der Waals surface area contributed by atoms with Crippen LogP contribution in [0.4, 0.5) is 0 Å². The molecule has 1 aliphatic rings. The van der Waals surface area contributed by atoms with Crippen molar-refractivity contribution < 1.29 is 14.6 Å². The maximum Gasteiger partial charge on any atom is 0.305 e. The van der Waals surface area contributed by atoms with Crippen LogP contribution in [0.3, 0.4) is 0 Å². The van der Waals surface area contributed by atoms with Crippen molar-refractivity contribution in [3.05, 3.63) is 0 Å². The lowest BCUT2D eigenvalue weighted by Crippen LogP contribution is -2.10. The van der Waals surface area contributed by atoms with E-state index < -0.39 is 5.97 Å². The molecule has 0 spiro atoms. The van der Waals surface area contributed by atoms with Gasteiger partial charge in [-0.1, -0.05) is 0 Å². The van der Waals surface area contributed by atoms with Crippen LogP contribution in [0.1, 0.15) is 0 Å². The first-order valence-electron chi connectivity index (χ1n) is 1.68. The van der Waals surface area contributed by atoms with Crippen molar-refractivity contribution in [2.24, 2.45) is 0 Å². The highest BCUT2D eigenvalue weighted by Crippen LogP contribution is 2.22. The minimum absolute atomic E-state index is 0.309. The van der Waals surface area contributed by atoms with E-state index in [1.165, 1.54) is 7.11 Å². The Kier molecular flexibility index (Phi) is 0.629. The molecule has 3 nitrogen and oxygen atoms in total. The maximum absolute atomic E-state index is 8.49. The predicted octanol–water partition coefficient (Wildman–Crippen LogP) is -0.691. The lowest BCUT2D eigenvalue weighted by Gasteiger charge is -1.94. The van der Waals surface area contributed by atoms with Gasteiger partial charge in [0.25, 0.3) is 0 Å². The molecule has 36 valence electrons. The summed E-state index contributed by atoms with van der Waals surface area (Å²) in [5.74, 6) is -1.21. The molecule has 1 heterocycles. The minimum atomic E-state index is -1.21. The van der Waals surface area contributed by atoms with Gasteiger partial charge in [-0.25, -0.2) is 0 Å². The molecule has 3 heteroatoms. The maximum atomic E-state index is 8.49. The van der Waals surface area contributed by atoms with Gasteiger partial charge in [0.2, 0.25) is 0 Å². The Morgan fingerprint density at radius 3 is 2.50 bits per heavy atom. The highest BCUT2D eigenvalue weighted by atomic mass is 16.9. The summed E-state index contributed by atoms with van der Waals surface area (Å²) in [6, 6.07) is 0. The smallest absolute Gasteiger partial charge is 0.305 e. The van der Waals surface area contributed by atoms with Crippen LogP contribution in [0, 0.1) is 0 Å². The summed E-state index contributed by atoms with van der Waals surface area (Å²) in [6.07, 6.45) is 0. The van der Waals surface area contributed by atoms with E-state index >= 15 is 0 Å². The summed E-state index contributed by atoms with van der Waals surface area (Å²) in [5.41, 5.74) is 0. The lowest BCUT2D eigenvalue weighted by molar-refractivity contribution is -0.173. The molecule has 0 aromatic carbocycles. The van der Waals surface area contributed by atoms with Crippen LogP contribution in [-0.2, 0) is 9.47 Å². The zero-order valence-electron chi connectivity index (χ0n) is 3.47. The largest absolute Gasteiger partial charge is 0.341 e. The highest BCUT2D eigenvalue weighted by Gasteiger charge is 2.43. The van der Waals surface area contributed by atoms with Gasteiger partial charge in [0.1, 0.15) is 6.61 Å².